The molecule has 4 aromatic rings. The molecule has 0 atom stereocenters. The quantitative estimate of drug-likeness (QED) is 0.472. The molecule has 12 heteroatoms. The molecule has 12 nitrogen and oxygen atoms in total. The number of H-pyrrole nitrogens is 1. The lowest BCUT2D eigenvalue weighted by Crippen LogP contribution is -2.07. The van der Waals surface area contributed by atoms with E-state index in [0.29, 0.717) is 37.0 Å². The van der Waals surface area contributed by atoms with E-state index in [0.717, 1.165) is 12.0 Å². The molecule has 1 N–H and O–H groups in total. The van der Waals surface area contributed by atoms with E-state index in [1.165, 1.54) is 4.80 Å². The fourth-order valence-electron chi connectivity index (χ4n) is 2.24. The molecule has 0 aliphatic heterocycles. The monoisotopic (exact) mass is 338 g/mol. The summed E-state index contributed by atoms with van der Waals surface area (Å²) in [6.07, 6.45) is 1.44. The molecule has 1 aromatic carbocycles. The Balaban J connectivity index is 1.30. The van der Waals surface area contributed by atoms with Crippen LogP contribution in [0.4, 0.5) is 0 Å². The van der Waals surface area contributed by atoms with E-state index in [2.05, 4.69) is 51.4 Å². The van der Waals surface area contributed by atoms with Crippen molar-refractivity contribution in [2.45, 2.75) is 25.9 Å². The minimum absolute atomic E-state index is 0.328. The van der Waals surface area contributed by atoms with Crippen molar-refractivity contribution in [3.8, 4) is 11.4 Å². The van der Waals surface area contributed by atoms with Gasteiger partial charge in [0.1, 0.15) is 6.54 Å². The SMILES string of the molecule is c1ccc(-c2nnn(CCCc3nnn(Cc4nn[nH]n4)n3)n2)cc1. The highest BCUT2D eigenvalue weighted by Gasteiger charge is 2.08. The fraction of sp³-hybridized carbons (Fsp3) is 0.308. The fourth-order valence-corrected chi connectivity index (χ4v) is 2.24. The average Bonchev–Trinajstić information content (AvgIpc) is 3.39. The van der Waals surface area contributed by atoms with E-state index >= 15 is 0 Å². The zero-order chi connectivity index (χ0) is 16.9. The lowest BCUT2D eigenvalue weighted by Gasteiger charge is -1.96. The molecule has 4 rings (SSSR count). The maximum absolute atomic E-state index is 4.37. The second-order valence-electron chi connectivity index (χ2n) is 5.24. The van der Waals surface area contributed by atoms with E-state index in [1.807, 2.05) is 30.3 Å². The summed E-state index contributed by atoms with van der Waals surface area (Å²) in [6, 6.07) is 9.74. The van der Waals surface area contributed by atoms with Gasteiger partial charge in [0, 0.05) is 12.0 Å². The highest BCUT2D eigenvalue weighted by atomic mass is 15.6. The van der Waals surface area contributed by atoms with Crippen LogP contribution in [0.15, 0.2) is 30.3 Å². The molecule has 0 aliphatic rings. The molecule has 126 valence electrons. The lowest BCUT2D eigenvalue weighted by molar-refractivity contribution is 0.495. The number of nitrogens with zero attached hydrogens (tertiary/aromatic N) is 11. The smallest absolute Gasteiger partial charge is 0.177 e. The van der Waals surface area contributed by atoms with Gasteiger partial charge < -0.3 is 0 Å². The molecule has 0 spiro atoms. The van der Waals surface area contributed by atoms with Crippen molar-refractivity contribution in [1.29, 1.82) is 0 Å². The molecule has 3 heterocycles. The molecule has 0 aliphatic carbocycles. The standard InChI is InChI=1S/C13H14N12/c1-2-5-10(6-3-1)13-17-23-24(19-13)8-4-7-11-16-22-25(18-11)9-12-14-20-21-15-12/h1-3,5-6H,4,7-9H2,(H,14,15,20,21). The van der Waals surface area contributed by atoms with Gasteiger partial charge in [-0.25, -0.2) is 0 Å². The molecule has 3 aromatic heterocycles. The Bertz CT molecular complexity index is 910. The highest BCUT2D eigenvalue weighted by Crippen LogP contribution is 2.11. The number of aromatic amines is 1. The topological polar surface area (TPSA) is 142 Å². The second kappa shape index (κ2) is 6.90. The number of tetrazole rings is 3. The average molecular weight is 338 g/mol. The van der Waals surface area contributed by atoms with E-state index in [1.54, 1.807) is 4.80 Å². The van der Waals surface area contributed by atoms with Gasteiger partial charge in [-0.05, 0) is 16.8 Å². The molecule has 0 fully saturated rings. The number of nitrogens with one attached hydrogen (secondary N) is 1. The van der Waals surface area contributed by atoms with E-state index in [4.69, 9.17) is 0 Å². The van der Waals surface area contributed by atoms with Crippen molar-refractivity contribution >= 4 is 0 Å². The Morgan fingerprint density at radius 2 is 1.76 bits per heavy atom. The minimum Gasteiger partial charge on any atom is -0.177 e. The number of hydrogen-bond donors (Lipinski definition) is 1. The maximum Gasteiger partial charge on any atom is 0.204 e. The third-order valence-electron chi connectivity index (χ3n) is 3.41. The first-order valence-corrected chi connectivity index (χ1v) is 7.69. The van der Waals surface area contributed by atoms with Gasteiger partial charge in [-0.3, -0.25) is 0 Å². The Morgan fingerprint density at radius 1 is 0.880 bits per heavy atom. The van der Waals surface area contributed by atoms with Crippen LogP contribution in [0.2, 0.25) is 0 Å². The van der Waals surface area contributed by atoms with Crippen LogP contribution in [0.25, 0.3) is 11.4 Å². The number of aromatic nitrogens is 12. The summed E-state index contributed by atoms with van der Waals surface area (Å²) in [6.45, 7) is 0.952. The summed E-state index contributed by atoms with van der Waals surface area (Å²) in [5.41, 5.74) is 0.944. The van der Waals surface area contributed by atoms with Gasteiger partial charge >= 0.3 is 0 Å². The van der Waals surface area contributed by atoms with Gasteiger partial charge in [0.15, 0.2) is 11.6 Å². The number of rotatable bonds is 7. The van der Waals surface area contributed by atoms with Crippen LogP contribution in [0, 0.1) is 0 Å². The predicted octanol–water partition coefficient (Wildman–Crippen LogP) is -0.479. The third-order valence-corrected chi connectivity index (χ3v) is 3.41. The van der Waals surface area contributed by atoms with Crippen LogP contribution in [-0.2, 0) is 19.5 Å². The summed E-state index contributed by atoms with van der Waals surface area (Å²) in [4.78, 5) is 3.01. The first-order valence-electron chi connectivity index (χ1n) is 7.69. The van der Waals surface area contributed by atoms with Gasteiger partial charge in [-0.1, -0.05) is 35.5 Å². The molecular formula is C13H14N12. The largest absolute Gasteiger partial charge is 0.204 e. The maximum atomic E-state index is 4.37. The van der Waals surface area contributed by atoms with Gasteiger partial charge in [0.05, 0.1) is 6.54 Å². The highest BCUT2D eigenvalue weighted by molar-refractivity contribution is 5.52. The van der Waals surface area contributed by atoms with Crippen LogP contribution in [0.3, 0.4) is 0 Å². The molecular weight excluding hydrogens is 324 g/mol. The molecule has 25 heavy (non-hydrogen) atoms. The third kappa shape index (κ3) is 3.68. The van der Waals surface area contributed by atoms with E-state index < -0.39 is 0 Å². The summed E-state index contributed by atoms with van der Waals surface area (Å²) >= 11 is 0. The second-order valence-corrected chi connectivity index (χ2v) is 5.24. The summed E-state index contributed by atoms with van der Waals surface area (Å²) in [5, 5.41) is 38.3. The Morgan fingerprint density at radius 3 is 2.60 bits per heavy atom. The Labute approximate surface area is 141 Å². The minimum atomic E-state index is 0.328. The number of aryl methyl sites for hydroxylation is 2. The number of hydrogen-bond acceptors (Lipinski definition) is 9. The van der Waals surface area contributed by atoms with Crippen molar-refractivity contribution in [3.05, 3.63) is 42.0 Å². The zero-order valence-electron chi connectivity index (χ0n) is 13.1. The molecule has 0 bridgehead atoms. The van der Waals surface area contributed by atoms with Crippen molar-refractivity contribution in [2.24, 2.45) is 0 Å². The van der Waals surface area contributed by atoms with Gasteiger partial charge in [0.2, 0.25) is 5.82 Å². The molecule has 0 radical (unpaired) electrons. The van der Waals surface area contributed by atoms with Crippen molar-refractivity contribution in [3.63, 3.8) is 0 Å². The first kappa shape index (κ1) is 15.0. The van der Waals surface area contributed by atoms with Crippen molar-refractivity contribution in [1.82, 2.24) is 61.0 Å². The number of benzene rings is 1. The molecule has 0 amide bonds. The normalized spacial score (nSPS) is 11.0. The van der Waals surface area contributed by atoms with Gasteiger partial charge in [-0.2, -0.15) is 14.8 Å². The molecule has 0 saturated carbocycles. The predicted molar refractivity (Wildman–Crippen MR) is 82.7 cm³/mol. The van der Waals surface area contributed by atoms with Crippen LogP contribution < -0.4 is 0 Å². The van der Waals surface area contributed by atoms with E-state index in [9.17, 15) is 0 Å². The lowest BCUT2D eigenvalue weighted by atomic mass is 10.2. The Kier molecular flexibility index (Phi) is 4.14. The van der Waals surface area contributed by atoms with Gasteiger partial charge in [-0.15, -0.1) is 30.6 Å². The van der Waals surface area contributed by atoms with Crippen LogP contribution in [0.1, 0.15) is 18.1 Å². The molecule has 0 unspecified atom stereocenters. The van der Waals surface area contributed by atoms with Crippen molar-refractivity contribution < 1.29 is 0 Å². The zero-order valence-corrected chi connectivity index (χ0v) is 13.1. The molecule has 0 saturated heterocycles. The summed E-state index contributed by atoms with van der Waals surface area (Å²) < 4.78 is 0. The first-order chi connectivity index (χ1) is 12.4. The van der Waals surface area contributed by atoms with Crippen LogP contribution in [0.5, 0.6) is 0 Å². The summed E-state index contributed by atoms with van der Waals surface area (Å²) in [7, 11) is 0. The van der Waals surface area contributed by atoms with Crippen LogP contribution in [-0.4, -0.2) is 61.0 Å². The van der Waals surface area contributed by atoms with Gasteiger partial charge in [0.25, 0.3) is 0 Å². The van der Waals surface area contributed by atoms with Crippen molar-refractivity contribution in [2.75, 3.05) is 0 Å². The van der Waals surface area contributed by atoms with E-state index in [-0.39, 0.29) is 0 Å². The van der Waals surface area contributed by atoms with Crippen LogP contribution >= 0.6 is 0 Å². The summed E-state index contributed by atoms with van der Waals surface area (Å²) in [5.74, 6) is 1.76. The Hall–Kier alpha value is -3.57.